The maximum atomic E-state index is 10.4. The molecule has 1 unspecified atom stereocenters. The minimum atomic E-state index is -0.505. The number of nitrogens with one attached hydrogen (secondary N) is 1. The van der Waals surface area contributed by atoms with E-state index in [2.05, 4.69) is 28.2 Å². The van der Waals surface area contributed by atoms with Crippen LogP contribution in [0.2, 0.25) is 0 Å². The van der Waals surface area contributed by atoms with Gasteiger partial charge in [-0.15, -0.1) is 0 Å². The molecule has 3 rings (SSSR count). The third kappa shape index (κ3) is 6.35. The van der Waals surface area contributed by atoms with E-state index in [1.54, 1.807) is 7.11 Å². The quantitative estimate of drug-likeness (QED) is 0.683. The van der Waals surface area contributed by atoms with E-state index in [0.29, 0.717) is 24.1 Å². The van der Waals surface area contributed by atoms with E-state index in [0.717, 1.165) is 39.1 Å². The van der Waals surface area contributed by atoms with Gasteiger partial charge in [0, 0.05) is 32.2 Å². The Morgan fingerprint density at radius 2 is 2.00 bits per heavy atom. The van der Waals surface area contributed by atoms with Gasteiger partial charge in [-0.05, 0) is 57.1 Å². The number of hydrogen-bond donors (Lipinski definition) is 2. The van der Waals surface area contributed by atoms with Gasteiger partial charge in [0.2, 0.25) is 0 Å². The molecule has 0 spiro atoms. The molecule has 0 radical (unpaired) electrons. The zero-order valence-corrected chi connectivity index (χ0v) is 16.8. The predicted octanol–water partition coefficient (Wildman–Crippen LogP) is 1.71. The Hall–Kier alpha value is -1.34. The van der Waals surface area contributed by atoms with Crippen molar-refractivity contribution < 1.29 is 14.6 Å². The zero-order valence-electron chi connectivity index (χ0n) is 16.8. The molecule has 6 heteroatoms. The zero-order chi connectivity index (χ0) is 19.1. The first-order valence-corrected chi connectivity index (χ1v) is 10.3. The van der Waals surface area contributed by atoms with Gasteiger partial charge in [0.25, 0.3) is 0 Å². The normalized spacial score (nSPS) is 20.7. The molecule has 1 aliphatic heterocycles. The topological polar surface area (TPSA) is 57.2 Å². The minimum Gasteiger partial charge on any atom is -0.493 e. The molecule has 1 aliphatic carbocycles. The summed E-state index contributed by atoms with van der Waals surface area (Å²) < 4.78 is 11.4. The SMILES string of the molecule is COc1ccc(CNC2CCC2)cc1OCC(O)CN1CCCN(C)CC1. The lowest BCUT2D eigenvalue weighted by atomic mass is 9.93. The molecule has 6 nitrogen and oxygen atoms in total. The lowest BCUT2D eigenvalue weighted by molar-refractivity contribution is 0.0685. The molecule has 1 aromatic rings. The second-order valence-corrected chi connectivity index (χ2v) is 7.92. The Balaban J connectivity index is 1.49. The molecule has 1 heterocycles. The fourth-order valence-corrected chi connectivity index (χ4v) is 3.64. The molecule has 27 heavy (non-hydrogen) atoms. The van der Waals surface area contributed by atoms with Crippen molar-refractivity contribution in [1.82, 2.24) is 15.1 Å². The van der Waals surface area contributed by atoms with Crippen LogP contribution in [0.15, 0.2) is 18.2 Å². The van der Waals surface area contributed by atoms with Gasteiger partial charge >= 0.3 is 0 Å². The summed E-state index contributed by atoms with van der Waals surface area (Å²) in [5.74, 6) is 1.42. The lowest BCUT2D eigenvalue weighted by Crippen LogP contribution is -2.37. The molecule has 2 fully saturated rings. The highest BCUT2D eigenvalue weighted by Crippen LogP contribution is 2.28. The van der Waals surface area contributed by atoms with Crippen molar-refractivity contribution in [3.8, 4) is 11.5 Å². The fourth-order valence-electron chi connectivity index (χ4n) is 3.64. The standard InChI is InChI=1S/C21H35N3O3/c1-23-9-4-10-24(12-11-23)15-19(25)16-27-21-13-17(7-8-20(21)26-2)14-22-18-5-3-6-18/h7-8,13,18-19,22,25H,3-6,9-12,14-16H2,1-2H3. The summed E-state index contributed by atoms with van der Waals surface area (Å²) in [6.07, 6.45) is 4.53. The number of hydrogen-bond acceptors (Lipinski definition) is 6. The molecule has 0 bridgehead atoms. The smallest absolute Gasteiger partial charge is 0.161 e. The molecule has 152 valence electrons. The van der Waals surface area contributed by atoms with Crippen LogP contribution in [0.1, 0.15) is 31.2 Å². The Morgan fingerprint density at radius 1 is 1.15 bits per heavy atom. The third-order valence-electron chi connectivity index (χ3n) is 5.64. The van der Waals surface area contributed by atoms with Crippen LogP contribution >= 0.6 is 0 Å². The molecule has 1 aromatic carbocycles. The second kappa shape index (κ2) is 10.3. The summed E-state index contributed by atoms with van der Waals surface area (Å²) in [4.78, 5) is 4.67. The Kier molecular flexibility index (Phi) is 7.76. The Labute approximate surface area is 163 Å². The van der Waals surface area contributed by atoms with E-state index in [-0.39, 0.29) is 6.61 Å². The van der Waals surface area contributed by atoms with Gasteiger partial charge in [-0.2, -0.15) is 0 Å². The van der Waals surface area contributed by atoms with E-state index < -0.39 is 6.10 Å². The van der Waals surface area contributed by atoms with Crippen LogP contribution in [-0.2, 0) is 6.54 Å². The number of benzene rings is 1. The first-order chi connectivity index (χ1) is 13.1. The number of β-amino-alcohol motifs (C(OH)–C–C–N with tert-alkyl or cyclic N) is 1. The van der Waals surface area contributed by atoms with Crippen molar-refractivity contribution in [3.05, 3.63) is 23.8 Å². The van der Waals surface area contributed by atoms with Crippen LogP contribution in [0.3, 0.4) is 0 Å². The van der Waals surface area contributed by atoms with Crippen molar-refractivity contribution in [2.24, 2.45) is 0 Å². The molecule has 0 aromatic heterocycles. The summed E-state index contributed by atoms with van der Waals surface area (Å²) in [7, 11) is 3.81. The van der Waals surface area contributed by atoms with Crippen molar-refractivity contribution in [2.45, 2.75) is 44.4 Å². The van der Waals surface area contributed by atoms with Crippen LogP contribution in [-0.4, -0.2) is 80.5 Å². The summed E-state index contributed by atoms with van der Waals surface area (Å²) in [5, 5.41) is 14.0. The number of ether oxygens (including phenoxy) is 2. The highest BCUT2D eigenvalue weighted by atomic mass is 16.5. The van der Waals surface area contributed by atoms with Crippen LogP contribution in [0.5, 0.6) is 11.5 Å². The summed E-state index contributed by atoms with van der Waals surface area (Å²) >= 11 is 0. The highest BCUT2D eigenvalue weighted by Gasteiger charge is 2.18. The minimum absolute atomic E-state index is 0.280. The molecule has 1 atom stereocenters. The highest BCUT2D eigenvalue weighted by molar-refractivity contribution is 5.43. The van der Waals surface area contributed by atoms with Crippen molar-refractivity contribution in [1.29, 1.82) is 0 Å². The monoisotopic (exact) mass is 377 g/mol. The maximum absolute atomic E-state index is 10.4. The molecule has 2 N–H and O–H groups in total. The molecular weight excluding hydrogens is 342 g/mol. The average molecular weight is 378 g/mol. The van der Waals surface area contributed by atoms with Crippen LogP contribution < -0.4 is 14.8 Å². The van der Waals surface area contributed by atoms with Gasteiger partial charge in [0.15, 0.2) is 11.5 Å². The van der Waals surface area contributed by atoms with E-state index in [9.17, 15) is 5.11 Å². The lowest BCUT2D eigenvalue weighted by Gasteiger charge is -2.26. The second-order valence-electron chi connectivity index (χ2n) is 7.92. The van der Waals surface area contributed by atoms with Gasteiger partial charge in [0.1, 0.15) is 12.7 Å². The maximum Gasteiger partial charge on any atom is 0.161 e. The van der Waals surface area contributed by atoms with Crippen LogP contribution in [0, 0.1) is 0 Å². The Morgan fingerprint density at radius 3 is 2.74 bits per heavy atom. The van der Waals surface area contributed by atoms with Crippen molar-refractivity contribution >= 4 is 0 Å². The van der Waals surface area contributed by atoms with E-state index in [1.807, 2.05) is 12.1 Å². The molecule has 0 amide bonds. The van der Waals surface area contributed by atoms with Gasteiger partial charge in [-0.25, -0.2) is 0 Å². The predicted molar refractivity (Wildman–Crippen MR) is 108 cm³/mol. The number of rotatable bonds is 9. The van der Waals surface area contributed by atoms with Crippen molar-refractivity contribution in [3.63, 3.8) is 0 Å². The van der Waals surface area contributed by atoms with Crippen molar-refractivity contribution in [2.75, 3.05) is 53.5 Å². The first kappa shape index (κ1) is 20.4. The Bertz CT molecular complexity index is 580. The molecule has 1 saturated heterocycles. The number of nitrogens with zero attached hydrogens (tertiary/aromatic N) is 2. The number of aliphatic hydroxyl groups is 1. The van der Waals surface area contributed by atoms with E-state index in [1.165, 1.54) is 24.8 Å². The summed E-state index contributed by atoms with van der Waals surface area (Å²) in [5.41, 5.74) is 1.18. The van der Waals surface area contributed by atoms with Gasteiger partial charge < -0.3 is 24.8 Å². The van der Waals surface area contributed by atoms with Crippen LogP contribution in [0.25, 0.3) is 0 Å². The number of aliphatic hydroxyl groups excluding tert-OH is 1. The summed E-state index contributed by atoms with van der Waals surface area (Å²) in [6.45, 7) is 5.99. The number of methoxy groups -OCH3 is 1. The van der Waals surface area contributed by atoms with Gasteiger partial charge in [0.05, 0.1) is 7.11 Å². The molecule has 1 saturated carbocycles. The first-order valence-electron chi connectivity index (χ1n) is 10.3. The molecular formula is C21H35N3O3. The van der Waals surface area contributed by atoms with Gasteiger partial charge in [-0.1, -0.05) is 12.5 Å². The van der Waals surface area contributed by atoms with E-state index in [4.69, 9.17) is 9.47 Å². The third-order valence-corrected chi connectivity index (χ3v) is 5.64. The van der Waals surface area contributed by atoms with Gasteiger partial charge in [-0.3, -0.25) is 4.90 Å². The number of likely N-dealkylation sites (N-methyl/N-ethyl adjacent to an activating group) is 1. The largest absolute Gasteiger partial charge is 0.493 e. The summed E-state index contributed by atoms with van der Waals surface area (Å²) in [6, 6.07) is 6.70. The average Bonchev–Trinajstić information content (AvgIpc) is 2.83. The fraction of sp³-hybridized carbons (Fsp3) is 0.714. The van der Waals surface area contributed by atoms with Crippen LogP contribution in [0.4, 0.5) is 0 Å². The van der Waals surface area contributed by atoms with E-state index >= 15 is 0 Å². The molecule has 2 aliphatic rings.